The van der Waals surface area contributed by atoms with Crippen molar-refractivity contribution < 1.29 is 23.9 Å². The molecule has 1 aliphatic carbocycles. The number of ether oxygens (including phenoxy) is 2. The number of ketones is 1. The number of Topliss-reactive ketones (excluding diaryl/α,β-unsaturated/α-hetero) is 1. The molecule has 1 aromatic carbocycles. The third-order valence-electron chi connectivity index (χ3n) is 4.71. The van der Waals surface area contributed by atoms with E-state index in [-0.39, 0.29) is 43.1 Å². The first-order chi connectivity index (χ1) is 12.5. The minimum absolute atomic E-state index is 0. The molecule has 1 aromatic rings. The van der Waals surface area contributed by atoms with Crippen molar-refractivity contribution in [3.63, 3.8) is 0 Å². The SMILES string of the molecule is CC(=O)COC(=O)CCc1ccc(OC(=O)[C@H]2CC[C@H](CN)CC2)cc1.Cl. The van der Waals surface area contributed by atoms with Gasteiger partial charge in [-0.2, -0.15) is 0 Å². The van der Waals surface area contributed by atoms with Gasteiger partial charge < -0.3 is 15.2 Å². The van der Waals surface area contributed by atoms with Crippen molar-refractivity contribution in [2.75, 3.05) is 13.2 Å². The lowest BCUT2D eigenvalue weighted by Gasteiger charge is -2.26. The Bertz CT molecular complexity index is 624. The van der Waals surface area contributed by atoms with E-state index < -0.39 is 5.97 Å². The number of halogens is 1. The van der Waals surface area contributed by atoms with Crippen molar-refractivity contribution in [2.45, 2.75) is 45.4 Å². The molecular formula is C20H28ClNO5. The van der Waals surface area contributed by atoms with Gasteiger partial charge in [-0.1, -0.05) is 12.1 Å². The second kappa shape index (κ2) is 11.7. The van der Waals surface area contributed by atoms with Crippen LogP contribution in [0.1, 0.15) is 44.6 Å². The Labute approximate surface area is 166 Å². The van der Waals surface area contributed by atoms with E-state index >= 15 is 0 Å². The van der Waals surface area contributed by atoms with Gasteiger partial charge in [0.1, 0.15) is 12.4 Å². The Morgan fingerprint density at radius 1 is 1.07 bits per heavy atom. The smallest absolute Gasteiger partial charge is 0.314 e. The fraction of sp³-hybridized carbons (Fsp3) is 0.550. The number of carbonyl (C=O) groups excluding carboxylic acids is 3. The molecule has 1 saturated carbocycles. The normalized spacial score (nSPS) is 18.9. The van der Waals surface area contributed by atoms with E-state index in [1.807, 2.05) is 12.1 Å². The van der Waals surface area contributed by atoms with Crippen LogP contribution in [0.2, 0.25) is 0 Å². The highest BCUT2D eigenvalue weighted by atomic mass is 35.5. The van der Waals surface area contributed by atoms with Gasteiger partial charge in [0, 0.05) is 6.42 Å². The number of esters is 2. The lowest BCUT2D eigenvalue weighted by atomic mass is 9.82. The first-order valence-electron chi connectivity index (χ1n) is 9.13. The van der Waals surface area contributed by atoms with Crippen molar-refractivity contribution in [3.8, 4) is 5.75 Å². The summed E-state index contributed by atoms with van der Waals surface area (Å²) in [6, 6.07) is 7.12. The first-order valence-corrected chi connectivity index (χ1v) is 9.13. The van der Waals surface area contributed by atoms with Gasteiger partial charge in [-0.15, -0.1) is 12.4 Å². The molecule has 0 saturated heterocycles. The quantitative estimate of drug-likeness (QED) is 0.535. The van der Waals surface area contributed by atoms with Gasteiger partial charge in [0.05, 0.1) is 5.92 Å². The maximum absolute atomic E-state index is 12.2. The average Bonchev–Trinajstić information content (AvgIpc) is 2.65. The number of nitrogens with two attached hydrogens (primary N) is 1. The summed E-state index contributed by atoms with van der Waals surface area (Å²) in [5.74, 6) is 0.235. The summed E-state index contributed by atoms with van der Waals surface area (Å²) in [7, 11) is 0. The van der Waals surface area contributed by atoms with E-state index in [0.717, 1.165) is 31.2 Å². The molecule has 6 nitrogen and oxygen atoms in total. The summed E-state index contributed by atoms with van der Waals surface area (Å²) in [6.45, 7) is 1.88. The third kappa shape index (κ3) is 8.10. The monoisotopic (exact) mass is 397 g/mol. The standard InChI is InChI=1S/C20H27NO5.ClH/c1-14(22)13-25-19(23)11-6-15-4-9-18(10-5-15)26-20(24)17-7-2-16(12-21)3-8-17;/h4-5,9-10,16-17H,2-3,6-8,11-13,21H2,1H3;1H/t16-,17-;. The van der Waals surface area contributed by atoms with Crippen molar-refractivity contribution in [1.29, 1.82) is 0 Å². The van der Waals surface area contributed by atoms with E-state index in [2.05, 4.69) is 0 Å². The number of hydrogen-bond donors (Lipinski definition) is 1. The van der Waals surface area contributed by atoms with Crippen LogP contribution < -0.4 is 10.5 Å². The first kappa shape index (κ1) is 23.1. The van der Waals surface area contributed by atoms with Crippen LogP contribution in [0.25, 0.3) is 0 Å². The predicted molar refractivity (Wildman–Crippen MR) is 104 cm³/mol. The molecule has 1 fully saturated rings. The molecule has 0 aromatic heterocycles. The van der Waals surface area contributed by atoms with Gasteiger partial charge in [0.15, 0.2) is 5.78 Å². The van der Waals surface area contributed by atoms with Gasteiger partial charge in [0.25, 0.3) is 0 Å². The Hall–Kier alpha value is -1.92. The lowest BCUT2D eigenvalue weighted by Crippen LogP contribution is -2.28. The minimum atomic E-state index is -0.399. The van der Waals surface area contributed by atoms with Crippen LogP contribution in [0.5, 0.6) is 5.75 Å². The zero-order chi connectivity index (χ0) is 18.9. The van der Waals surface area contributed by atoms with Crippen LogP contribution in [0.4, 0.5) is 0 Å². The lowest BCUT2D eigenvalue weighted by molar-refractivity contribution is -0.147. The highest BCUT2D eigenvalue weighted by Crippen LogP contribution is 2.29. The molecule has 0 heterocycles. The van der Waals surface area contributed by atoms with E-state index in [1.54, 1.807) is 12.1 Å². The second-order valence-corrected chi connectivity index (χ2v) is 6.88. The molecular weight excluding hydrogens is 370 g/mol. The maximum Gasteiger partial charge on any atom is 0.314 e. The molecule has 7 heteroatoms. The van der Waals surface area contributed by atoms with Crippen LogP contribution >= 0.6 is 12.4 Å². The summed E-state index contributed by atoms with van der Waals surface area (Å²) >= 11 is 0. The second-order valence-electron chi connectivity index (χ2n) is 6.88. The summed E-state index contributed by atoms with van der Waals surface area (Å²) in [6.07, 6.45) is 4.34. The Morgan fingerprint density at radius 2 is 1.70 bits per heavy atom. The number of carbonyl (C=O) groups is 3. The van der Waals surface area contributed by atoms with Crippen LogP contribution in [-0.4, -0.2) is 30.9 Å². The van der Waals surface area contributed by atoms with Crippen molar-refractivity contribution in [3.05, 3.63) is 29.8 Å². The molecule has 0 radical (unpaired) electrons. The maximum atomic E-state index is 12.2. The summed E-state index contributed by atoms with van der Waals surface area (Å²) in [5.41, 5.74) is 6.61. The van der Waals surface area contributed by atoms with Crippen molar-refractivity contribution >= 4 is 30.1 Å². The van der Waals surface area contributed by atoms with Crippen LogP contribution in [0.15, 0.2) is 24.3 Å². The fourth-order valence-corrected chi connectivity index (χ4v) is 3.06. The van der Waals surface area contributed by atoms with Gasteiger partial charge in [-0.25, -0.2) is 0 Å². The molecule has 0 aliphatic heterocycles. The summed E-state index contributed by atoms with van der Waals surface area (Å²) in [5, 5.41) is 0. The average molecular weight is 398 g/mol. The van der Waals surface area contributed by atoms with Gasteiger partial charge in [-0.3, -0.25) is 14.4 Å². The fourth-order valence-electron chi connectivity index (χ4n) is 3.06. The molecule has 2 N–H and O–H groups in total. The molecule has 150 valence electrons. The molecule has 27 heavy (non-hydrogen) atoms. The number of aryl methyl sites for hydroxylation is 1. The van der Waals surface area contributed by atoms with Gasteiger partial charge in [-0.05, 0) is 69.2 Å². The van der Waals surface area contributed by atoms with Crippen molar-refractivity contribution in [1.82, 2.24) is 0 Å². The molecule has 1 aliphatic rings. The summed E-state index contributed by atoms with van der Waals surface area (Å²) in [4.78, 5) is 34.5. The Kier molecular flexibility index (Phi) is 10.0. The topological polar surface area (TPSA) is 95.7 Å². The zero-order valence-electron chi connectivity index (χ0n) is 15.6. The van der Waals surface area contributed by atoms with Crippen LogP contribution in [0, 0.1) is 11.8 Å². The molecule has 0 spiro atoms. The number of benzene rings is 1. The highest BCUT2D eigenvalue weighted by Gasteiger charge is 2.27. The highest BCUT2D eigenvalue weighted by molar-refractivity contribution is 5.85. The van der Waals surface area contributed by atoms with Crippen LogP contribution in [0.3, 0.4) is 0 Å². The third-order valence-corrected chi connectivity index (χ3v) is 4.71. The Balaban J connectivity index is 0.00000364. The van der Waals surface area contributed by atoms with E-state index in [9.17, 15) is 14.4 Å². The summed E-state index contributed by atoms with van der Waals surface area (Å²) < 4.78 is 10.3. The van der Waals surface area contributed by atoms with Crippen molar-refractivity contribution in [2.24, 2.45) is 17.6 Å². The number of hydrogen-bond acceptors (Lipinski definition) is 6. The van der Waals surface area contributed by atoms with Gasteiger partial charge in [0.2, 0.25) is 0 Å². The molecule has 2 rings (SSSR count). The largest absolute Gasteiger partial charge is 0.458 e. The molecule has 0 amide bonds. The Morgan fingerprint density at radius 3 is 2.26 bits per heavy atom. The van der Waals surface area contributed by atoms with E-state index in [4.69, 9.17) is 15.2 Å². The molecule has 0 unspecified atom stereocenters. The number of rotatable bonds is 8. The van der Waals surface area contributed by atoms with Crippen LogP contribution in [-0.2, 0) is 25.5 Å². The minimum Gasteiger partial charge on any atom is -0.458 e. The van der Waals surface area contributed by atoms with E-state index in [0.29, 0.717) is 24.6 Å². The zero-order valence-corrected chi connectivity index (χ0v) is 16.5. The van der Waals surface area contributed by atoms with E-state index in [1.165, 1.54) is 6.92 Å². The molecule has 0 bridgehead atoms. The molecule has 0 atom stereocenters. The van der Waals surface area contributed by atoms with Gasteiger partial charge >= 0.3 is 11.9 Å². The predicted octanol–water partition coefficient (Wildman–Crippen LogP) is 2.84.